The topological polar surface area (TPSA) is 38.7 Å². The van der Waals surface area contributed by atoms with Crippen molar-refractivity contribution in [3.8, 4) is 23.0 Å². The third-order valence-corrected chi connectivity index (χ3v) is 6.72. The van der Waals surface area contributed by atoms with Gasteiger partial charge in [-0.15, -0.1) is 0 Å². The number of oxazole rings is 1. The number of rotatable bonds is 5. The van der Waals surface area contributed by atoms with E-state index in [1.807, 2.05) is 89.5 Å². The predicted molar refractivity (Wildman–Crippen MR) is 148 cm³/mol. The lowest BCUT2D eigenvalue weighted by molar-refractivity contribution is -0.762. The Hall–Kier alpha value is -5.03. The highest BCUT2D eigenvalue weighted by molar-refractivity contribution is 5.77. The number of benzene rings is 5. The van der Waals surface area contributed by atoms with Crippen LogP contribution in [0.3, 0.4) is 0 Å². The van der Waals surface area contributed by atoms with E-state index in [1.54, 1.807) is 0 Å². The van der Waals surface area contributed by atoms with Crippen LogP contribution in [0.2, 0.25) is 0 Å². The van der Waals surface area contributed by atoms with Gasteiger partial charge >= 0.3 is 12.3 Å². The van der Waals surface area contributed by atoms with E-state index >= 15 is 0 Å². The minimum atomic E-state index is -0.714. The summed E-state index contributed by atoms with van der Waals surface area (Å²) in [6.45, 7) is 2.06. The van der Waals surface area contributed by atoms with Crippen LogP contribution in [0.5, 0.6) is 11.5 Å². The van der Waals surface area contributed by atoms with Crippen LogP contribution in [0.1, 0.15) is 12.0 Å². The van der Waals surface area contributed by atoms with E-state index in [-0.39, 0.29) is 0 Å². The molecule has 0 radical (unpaired) electrons. The maximum Gasteiger partial charge on any atom is 0.471 e. The second-order valence-electron chi connectivity index (χ2n) is 9.29. The average Bonchev–Trinajstić information content (AvgIpc) is 3.34. The second-order valence-corrected chi connectivity index (χ2v) is 9.29. The molecule has 1 aliphatic heterocycles. The molecule has 2 heterocycles. The lowest BCUT2D eigenvalue weighted by Gasteiger charge is -2.25. The van der Waals surface area contributed by atoms with Crippen LogP contribution in [-0.2, 0) is 0 Å². The first-order valence-electron chi connectivity index (χ1n) is 12.6. The van der Waals surface area contributed by atoms with Crippen LogP contribution in [0.25, 0.3) is 22.6 Å². The molecule has 5 heteroatoms. The van der Waals surface area contributed by atoms with E-state index < -0.39 is 6.41 Å². The standard InChI is InChI=1S/C33H25N2O3/c1-23-16-21-29-31(22-23)37-32-28-14-8-9-15-30(28)38-33(35(29)32)36-27-19-17-26(18-20-27)34(24-10-4-2-5-11-24)25-12-6-3-7-13-25/h2-22,33H,1H3/q+1. The first-order chi connectivity index (χ1) is 18.7. The van der Waals surface area contributed by atoms with Gasteiger partial charge in [0.25, 0.3) is 5.52 Å². The van der Waals surface area contributed by atoms with Gasteiger partial charge in [0.15, 0.2) is 0 Å². The number of para-hydroxylation sites is 3. The molecule has 1 aliphatic rings. The van der Waals surface area contributed by atoms with Crippen molar-refractivity contribution in [1.29, 1.82) is 0 Å². The zero-order valence-electron chi connectivity index (χ0n) is 20.8. The molecule has 0 saturated heterocycles. The second kappa shape index (κ2) is 9.12. The predicted octanol–water partition coefficient (Wildman–Crippen LogP) is 8.09. The molecule has 0 fully saturated rings. The fourth-order valence-corrected chi connectivity index (χ4v) is 4.93. The number of hydrogen-bond acceptors (Lipinski definition) is 4. The molecule has 0 spiro atoms. The van der Waals surface area contributed by atoms with Gasteiger partial charge in [0, 0.05) is 23.1 Å². The first-order valence-corrected chi connectivity index (χ1v) is 12.6. The summed E-state index contributed by atoms with van der Waals surface area (Å²) in [5, 5.41) is 0. The summed E-state index contributed by atoms with van der Waals surface area (Å²) >= 11 is 0. The van der Waals surface area contributed by atoms with Gasteiger partial charge in [0.1, 0.15) is 17.1 Å². The Morgan fingerprint density at radius 3 is 2.03 bits per heavy atom. The number of nitrogens with zero attached hydrogens (tertiary/aromatic N) is 2. The molecule has 1 aromatic heterocycles. The average molecular weight is 498 g/mol. The van der Waals surface area contributed by atoms with E-state index in [4.69, 9.17) is 13.9 Å². The number of fused-ring (bicyclic) bond motifs is 5. The smallest absolute Gasteiger partial charge is 0.401 e. The van der Waals surface area contributed by atoms with Crippen LogP contribution in [-0.4, -0.2) is 0 Å². The van der Waals surface area contributed by atoms with Crippen LogP contribution in [0, 0.1) is 6.92 Å². The molecule has 5 nitrogen and oxygen atoms in total. The van der Waals surface area contributed by atoms with Gasteiger partial charge in [-0.25, -0.2) is 0 Å². The SMILES string of the molecule is Cc1ccc2c(c1)oc1[n+]2C(Oc2ccc(N(c3ccccc3)c3ccccc3)cc2)Oc2ccccc2-1. The summed E-state index contributed by atoms with van der Waals surface area (Å²) in [5.41, 5.74) is 6.94. The zero-order chi connectivity index (χ0) is 25.5. The van der Waals surface area contributed by atoms with Gasteiger partial charge in [-0.2, -0.15) is 0 Å². The lowest BCUT2D eigenvalue weighted by Crippen LogP contribution is -2.49. The summed E-state index contributed by atoms with van der Waals surface area (Å²) in [6.07, 6.45) is -0.714. The monoisotopic (exact) mass is 497 g/mol. The van der Waals surface area contributed by atoms with Crippen LogP contribution in [0.4, 0.5) is 17.1 Å². The normalized spacial score (nSPS) is 13.9. The van der Waals surface area contributed by atoms with E-state index in [0.717, 1.165) is 45.0 Å². The van der Waals surface area contributed by atoms with Crippen molar-refractivity contribution in [2.75, 3.05) is 4.90 Å². The maximum atomic E-state index is 6.44. The van der Waals surface area contributed by atoms with Crippen LogP contribution in [0.15, 0.2) is 132 Å². The summed E-state index contributed by atoms with van der Waals surface area (Å²) < 4.78 is 21.1. The zero-order valence-corrected chi connectivity index (χ0v) is 20.8. The summed E-state index contributed by atoms with van der Waals surface area (Å²) in [4.78, 5) is 2.22. The van der Waals surface area contributed by atoms with E-state index in [0.29, 0.717) is 11.6 Å². The van der Waals surface area contributed by atoms with Crippen molar-refractivity contribution in [2.45, 2.75) is 13.3 Å². The first kappa shape index (κ1) is 22.2. The lowest BCUT2D eigenvalue weighted by atomic mass is 10.2. The molecule has 0 saturated carbocycles. The van der Waals surface area contributed by atoms with Crippen molar-refractivity contribution >= 4 is 28.2 Å². The highest BCUT2D eigenvalue weighted by Gasteiger charge is 2.41. The fourth-order valence-electron chi connectivity index (χ4n) is 4.93. The number of ether oxygens (including phenoxy) is 2. The maximum absolute atomic E-state index is 6.44. The van der Waals surface area contributed by atoms with Gasteiger partial charge in [0.05, 0.1) is 0 Å². The largest absolute Gasteiger partial charge is 0.471 e. The fraction of sp³-hybridized carbons (Fsp3) is 0.0606. The Bertz CT molecular complexity index is 1690. The van der Waals surface area contributed by atoms with Crippen molar-refractivity contribution in [2.24, 2.45) is 0 Å². The molecule has 38 heavy (non-hydrogen) atoms. The number of anilines is 3. The van der Waals surface area contributed by atoms with Gasteiger partial charge < -0.3 is 18.8 Å². The van der Waals surface area contributed by atoms with Crippen molar-refractivity contribution in [3.05, 3.63) is 133 Å². The van der Waals surface area contributed by atoms with Crippen LogP contribution >= 0.6 is 0 Å². The van der Waals surface area contributed by atoms with Crippen molar-refractivity contribution in [3.63, 3.8) is 0 Å². The Morgan fingerprint density at radius 1 is 0.684 bits per heavy atom. The molecule has 1 unspecified atom stereocenters. The Labute approximate surface area is 220 Å². The molecular formula is C33H25N2O3+. The molecule has 0 N–H and O–H groups in total. The number of aromatic nitrogens is 1. The molecule has 5 aromatic carbocycles. The minimum Gasteiger partial charge on any atom is -0.401 e. The number of hydrogen-bond donors (Lipinski definition) is 0. The molecule has 1 atom stereocenters. The quantitative estimate of drug-likeness (QED) is 0.226. The molecule has 0 aliphatic carbocycles. The van der Waals surface area contributed by atoms with E-state index in [2.05, 4.69) is 54.3 Å². The highest BCUT2D eigenvalue weighted by atomic mass is 16.7. The summed E-state index contributed by atoms with van der Waals surface area (Å²) in [7, 11) is 0. The summed E-state index contributed by atoms with van der Waals surface area (Å²) in [6, 6.07) is 42.8. The Morgan fingerprint density at radius 2 is 1.32 bits per heavy atom. The highest BCUT2D eigenvalue weighted by Crippen LogP contribution is 2.39. The Kier molecular flexibility index (Phi) is 5.33. The third-order valence-electron chi connectivity index (χ3n) is 6.72. The molecule has 6 aromatic rings. The van der Waals surface area contributed by atoms with Gasteiger partial charge in [-0.05, 0) is 79.2 Å². The molecular weight excluding hydrogens is 472 g/mol. The van der Waals surface area contributed by atoms with Crippen molar-refractivity contribution in [1.82, 2.24) is 0 Å². The third kappa shape index (κ3) is 3.85. The molecule has 0 bridgehead atoms. The molecule has 184 valence electrons. The summed E-state index contributed by atoms with van der Waals surface area (Å²) in [5.74, 6) is 2.14. The minimum absolute atomic E-state index is 0.694. The van der Waals surface area contributed by atoms with Gasteiger partial charge in [0.2, 0.25) is 5.58 Å². The van der Waals surface area contributed by atoms with E-state index in [9.17, 15) is 0 Å². The van der Waals surface area contributed by atoms with Crippen LogP contribution < -0.4 is 18.9 Å². The molecule has 7 rings (SSSR count). The van der Waals surface area contributed by atoms with Gasteiger partial charge in [-0.3, -0.25) is 0 Å². The van der Waals surface area contributed by atoms with Crippen molar-refractivity contribution < 1.29 is 18.5 Å². The molecule has 0 amide bonds. The Balaban J connectivity index is 1.25. The number of aryl methyl sites for hydroxylation is 1. The van der Waals surface area contributed by atoms with E-state index in [1.165, 1.54) is 0 Å². The van der Waals surface area contributed by atoms with Gasteiger partial charge in [-0.1, -0.05) is 59.2 Å².